The number of esters is 1. The smallest absolute Gasteiger partial charge is 0.424 e. The first-order valence-corrected chi connectivity index (χ1v) is 9.44. The van der Waals surface area contributed by atoms with E-state index in [2.05, 4.69) is 0 Å². The van der Waals surface area contributed by atoms with Crippen LogP contribution < -0.4 is 0 Å². The van der Waals surface area contributed by atoms with Crippen LogP contribution in [0.2, 0.25) is 0 Å². The molecule has 1 fully saturated rings. The molecule has 0 radical (unpaired) electrons. The van der Waals surface area contributed by atoms with Crippen molar-refractivity contribution in [2.75, 3.05) is 13.2 Å². The second kappa shape index (κ2) is 6.67. The van der Waals surface area contributed by atoms with Gasteiger partial charge in [-0.25, -0.2) is 18.0 Å². The monoisotopic (exact) mass is 369 g/mol. The normalized spacial score (nSPS) is 17.6. The van der Waals surface area contributed by atoms with Gasteiger partial charge in [0.2, 0.25) is 0 Å². The first-order chi connectivity index (χ1) is 11.6. The largest absolute Gasteiger partial charge is 0.464 e. The molecule has 8 heteroatoms. The lowest BCUT2D eigenvalue weighted by Crippen LogP contribution is -2.44. The molecule has 2 rings (SSSR count). The molecule has 1 amide bonds. The van der Waals surface area contributed by atoms with Crippen molar-refractivity contribution in [3.05, 3.63) is 27.8 Å². The molecule has 1 aliphatic rings. The molecule has 0 unspecified atom stereocenters. The van der Waals surface area contributed by atoms with E-state index >= 15 is 0 Å². The Labute approximate surface area is 148 Å². The Balaban J connectivity index is 2.66. The number of hydrogen-bond acceptors (Lipinski definition) is 6. The lowest BCUT2D eigenvalue weighted by atomic mass is 9.95. The Bertz CT molecular complexity index is 814. The second-order valence-electron chi connectivity index (χ2n) is 6.10. The molecule has 0 saturated carbocycles. The van der Waals surface area contributed by atoms with Gasteiger partial charge < -0.3 is 9.47 Å². The highest BCUT2D eigenvalue weighted by Gasteiger charge is 2.48. The highest BCUT2D eigenvalue weighted by Crippen LogP contribution is 2.34. The molecule has 1 aliphatic heterocycles. The third-order valence-corrected chi connectivity index (χ3v) is 6.88. The quantitative estimate of drug-likeness (QED) is 0.757. The predicted octanol–water partition coefficient (Wildman–Crippen LogP) is 2.30. The molecule has 0 bridgehead atoms. The Kier molecular flexibility index (Phi) is 5.13. The summed E-state index contributed by atoms with van der Waals surface area (Å²) in [6.07, 6.45) is -1.06. The molecule has 1 atom stereocenters. The van der Waals surface area contributed by atoms with Gasteiger partial charge in [0.1, 0.15) is 6.61 Å². The Hall–Kier alpha value is -2.09. The third kappa shape index (κ3) is 2.99. The highest BCUT2D eigenvalue weighted by molar-refractivity contribution is 7.89. The number of carbonyl (C=O) groups excluding carboxylic acids is 2. The second-order valence-corrected chi connectivity index (χ2v) is 7.85. The fraction of sp³-hybridized carbons (Fsp3) is 0.529. The first-order valence-electron chi connectivity index (χ1n) is 8.00. The molecular formula is C17H23NO6S. The van der Waals surface area contributed by atoms with Crippen LogP contribution in [0, 0.1) is 34.6 Å². The molecule has 25 heavy (non-hydrogen) atoms. The molecule has 1 saturated heterocycles. The maximum absolute atomic E-state index is 13.2. The van der Waals surface area contributed by atoms with Crippen molar-refractivity contribution in [1.29, 1.82) is 0 Å². The fourth-order valence-corrected chi connectivity index (χ4v) is 5.04. The molecule has 7 nitrogen and oxygen atoms in total. The van der Waals surface area contributed by atoms with Gasteiger partial charge in [0.25, 0.3) is 10.0 Å². The number of benzene rings is 1. The van der Waals surface area contributed by atoms with Gasteiger partial charge in [0.15, 0.2) is 6.04 Å². The van der Waals surface area contributed by atoms with Crippen molar-refractivity contribution >= 4 is 22.1 Å². The van der Waals surface area contributed by atoms with Gasteiger partial charge in [0, 0.05) is 0 Å². The van der Waals surface area contributed by atoms with E-state index in [-0.39, 0.29) is 18.1 Å². The van der Waals surface area contributed by atoms with Crippen LogP contribution in [0.5, 0.6) is 0 Å². The van der Waals surface area contributed by atoms with Gasteiger partial charge in [0.05, 0.1) is 11.5 Å². The molecule has 1 aromatic carbocycles. The molecule has 0 aromatic heterocycles. The third-order valence-electron chi connectivity index (χ3n) is 4.83. The Morgan fingerprint density at radius 3 is 2.04 bits per heavy atom. The van der Waals surface area contributed by atoms with Crippen LogP contribution in [-0.4, -0.2) is 44.0 Å². The average molecular weight is 369 g/mol. The number of cyclic esters (lactones) is 1. The van der Waals surface area contributed by atoms with Gasteiger partial charge in [-0.1, -0.05) is 0 Å². The molecular weight excluding hydrogens is 346 g/mol. The van der Waals surface area contributed by atoms with Crippen molar-refractivity contribution < 1.29 is 27.5 Å². The summed E-state index contributed by atoms with van der Waals surface area (Å²) < 4.78 is 36.7. The highest BCUT2D eigenvalue weighted by atomic mass is 32.2. The van der Waals surface area contributed by atoms with Gasteiger partial charge in [-0.2, -0.15) is 4.31 Å². The van der Waals surface area contributed by atoms with Gasteiger partial charge >= 0.3 is 12.1 Å². The summed E-state index contributed by atoms with van der Waals surface area (Å²) in [6.45, 7) is 10.3. The van der Waals surface area contributed by atoms with Crippen LogP contribution in [0.3, 0.4) is 0 Å². The summed E-state index contributed by atoms with van der Waals surface area (Å²) in [7, 11) is -4.27. The number of amides is 1. The van der Waals surface area contributed by atoms with E-state index < -0.39 is 28.1 Å². The van der Waals surface area contributed by atoms with Crippen molar-refractivity contribution in [2.24, 2.45) is 0 Å². The minimum atomic E-state index is -4.27. The molecule has 0 spiro atoms. The van der Waals surface area contributed by atoms with Crippen molar-refractivity contribution in [1.82, 2.24) is 4.31 Å². The van der Waals surface area contributed by atoms with E-state index in [1.165, 1.54) is 0 Å². The standard InChI is InChI=1S/C17H23NO6S/c1-7-23-16(19)14-8-24-17(20)18(14)25(21,22)15-12(5)10(3)9(2)11(4)13(15)6/h14H,7-8H2,1-6H3/t14-/m0/s1. The molecule has 0 aliphatic carbocycles. The topological polar surface area (TPSA) is 90.0 Å². The first kappa shape index (κ1) is 19.2. The summed E-state index contributed by atoms with van der Waals surface area (Å²) in [4.78, 5) is 24.2. The van der Waals surface area contributed by atoms with E-state index in [4.69, 9.17) is 9.47 Å². The summed E-state index contributed by atoms with van der Waals surface area (Å²) in [5, 5.41) is 0. The molecule has 138 valence electrons. The summed E-state index contributed by atoms with van der Waals surface area (Å²) in [5.41, 5.74) is 3.79. The zero-order valence-corrected chi connectivity index (χ0v) is 16.1. The van der Waals surface area contributed by atoms with Crippen molar-refractivity contribution in [3.8, 4) is 0 Å². The van der Waals surface area contributed by atoms with Crippen LogP contribution in [0.25, 0.3) is 0 Å². The van der Waals surface area contributed by atoms with Crippen LogP contribution >= 0.6 is 0 Å². The lowest BCUT2D eigenvalue weighted by Gasteiger charge is -2.24. The number of carbonyl (C=O) groups is 2. The van der Waals surface area contributed by atoms with Crippen molar-refractivity contribution in [2.45, 2.75) is 52.5 Å². The number of hydrogen-bond donors (Lipinski definition) is 0. The Morgan fingerprint density at radius 2 is 1.56 bits per heavy atom. The molecule has 1 heterocycles. The SMILES string of the molecule is CCOC(=O)[C@@H]1COC(=O)N1S(=O)(=O)c1c(C)c(C)c(C)c(C)c1C. The van der Waals surface area contributed by atoms with Gasteiger partial charge in [-0.05, 0) is 69.4 Å². The van der Waals surface area contributed by atoms with E-state index in [9.17, 15) is 18.0 Å². The van der Waals surface area contributed by atoms with Crippen LogP contribution in [0.1, 0.15) is 34.7 Å². The van der Waals surface area contributed by atoms with E-state index in [0.717, 1.165) is 16.7 Å². The fourth-order valence-electron chi connectivity index (χ4n) is 3.03. The van der Waals surface area contributed by atoms with Crippen LogP contribution in [-0.2, 0) is 24.3 Å². The number of rotatable bonds is 4. The summed E-state index contributed by atoms with van der Waals surface area (Å²) >= 11 is 0. The van der Waals surface area contributed by atoms with Crippen molar-refractivity contribution in [3.63, 3.8) is 0 Å². The minimum Gasteiger partial charge on any atom is -0.464 e. The average Bonchev–Trinajstić information content (AvgIpc) is 2.94. The van der Waals surface area contributed by atoms with Gasteiger partial charge in [-0.3, -0.25) is 0 Å². The number of ether oxygens (including phenoxy) is 2. The molecule has 0 N–H and O–H groups in total. The van der Waals surface area contributed by atoms with E-state index in [1.54, 1.807) is 20.8 Å². The van der Waals surface area contributed by atoms with Crippen LogP contribution in [0.4, 0.5) is 4.79 Å². The Morgan fingerprint density at radius 1 is 1.08 bits per heavy atom. The zero-order chi connectivity index (χ0) is 19.1. The maximum Gasteiger partial charge on any atom is 0.424 e. The number of nitrogens with zero attached hydrogens (tertiary/aromatic N) is 1. The summed E-state index contributed by atoms with van der Waals surface area (Å²) in [6, 6.07) is -1.31. The minimum absolute atomic E-state index is 0.0428. The van der Waals surface area contributed by atoms with Crippen LogP contribution in [0.15, 0.2) is 4.90 Å². The van der Waals surface area contributed by atoms with E-state index in [1.807, 2.05) is 20.8 Å². The summed E-state index contributed by atoms with van der Waals surface area (Å²) in [5.74, 6) is -0.798. The zero-order valence-electron chi connectivity index (χ0n) is 15.3. The maximum atomic E-state index is 13.2. The lowest BCUT2D eigenvalue weighted by molar-refractivity contribution is -0.146. The van der Waals surface area contributed by atoms with Gasteiger partial charge in [-0.15, -0.1) is 0 Å². The van der Waals surface area contributed by atoms with E-state index in [0.29, 0.717) is 15.4 Å². The molecule has 1 aromatic rings. The number of sulfonamides is 1. The predicted molar refractivity (Wildman–Crippen MR) is 90.9 cm³/mol.